The Morgan fingerprint density at radius 2 is 1.79 bits per heavy atom. The number of halogens is 1. The lowest BCUT2D eigenvalue weighted by molar-refractivity contribution is 1.10. The molecule has 4 heteroatoms. The van der Waals surface area contributed by atoms with Gasteiger partial charge >= 0.3 is 0 Å². The third-order valence-electron chi connectivity index (χ3n) is 3.17. The molecule has 19 heavy (non-hydrogen) atoms. The molecule has 1 aromatic carbocycles. The van der Waals surface area contributed by atoms with E-state index in [4.69, 9.17) is 0 Å². The Morgan fingerprint density at radius 1 is 1.11 bits per heavy atom. The van der Waals surface area contributed by atoms with Crippen molar-refractivity contribution < 1.29 is 0 Å². The summed E-state index contributed by atoms with van der Waals surface area (Å²) in [5, 5.41) is 3.27. The standard InChI is InChI=1S/C15H18IN3/c1-5-17-15-13(16)8-18-14(19-15)12-7-10(3)9(2)6-11(12)4/h6-8H,5H2,1-4H3,(H,17,18,19). The first-order chi connectivity index (χ1) is 9.02. The van der Waals surface area contributed by atoms with Gasteiger partial charge < -0.3 is 5.32 Å². The SMILES string of the molecule is CCNc1nc(-c2cc(C)c(C)cc2C)ncc1I. The van der Waals surface area contributed by atoms with Crippen molar-refractivity contribution in [1.82, 2.24) is 9.97 Å². The third-order valence-corrected chi connectivity index (χ3v) is 3.96. The Labute approximate surface area is 128 Å². The Morgan fingerprint density at radius 3 is 2.47 bits per heavy atom. The van der Waals surface area contributed by atoms with E-state index in [2.05, 4.69) is 77.7 Å². The molecule has 0 aliphatic carbocycles. The van der Waals surface area contributed by atoms with Crippen LogP contribution in [0.5, 0.6) is 0 Å². The third kappa shape index (κ3) is 3.05. The first kappa shape index (κ1) is 14.2. The van der Waals surface area contributed by atoms with E-state index >= 15 is 0 Å². The molecule has 2 rings (SSSR count). The molecule has 1 aromatic heterocycles. The monoisotopic (exact) mass is 367 g/mol. The van der Waals surface area contributed by atoms with Gasteiger partial charge in [0.15, 0.2) is 5.82 Å². The second kappa shape index (κ2) is 5.86. The fourth-order valence-corrected chi connectivity index (χ4v) is 2.44. The molecule has 0 saturated heterocycles. The van der Waals surface area contributed by atoms with Crippen LogP contribution in [0.15, 0.2) is 18.3 Å². The number of aryl methyl sites for hydroxylation is 3. The Balaban J connectivity index is 2.53. The van der Waals surface area contributed by atoms with Gasteiger partial charge in [0.25, 0.3) is 0 Å². The number of benzene rings is 1. The average Bonchev–Trinajstić information content (AvgIpc) is 2.37. The van der Waals surface area contributed by atoms with Gasteiger partial charge in [0, 0.05) is 18.3 Å². The number of hydrogen-bond donors (Lipinski definition) is 1. The van der Waals surface area contributed by atoms with Crippen LogP contribution < -0.4 is 5.32 Å². The molecule has 2 aromatic rings. The first-order valence-corrected chi connectivity index (χ1v) is 7.45. The summed E-state index contributed by atoms with van der Waals surface area (Å²) in [4.78, 5) is 9.10. The molecule has 1 heterocycles. The maximum absolute atomic E-state index is 4.63. The van der Waals surface area contributed by atoms with Gasteiger partial charge in [-0.15, -0.1) is 0 Å². The van der Waals surface area contributed by atoms with Gasteiger partial charge in [0.1, 0.15) is 5.82 Å². The quantitative estimate of drug-likeness (QED) is 0.830. The molecule has 0 aliphatic heterocycles. The molecule has 0 saturated carbocycles. The molecule has 0 spiro atoms. The largest absolute Gasteiger partial charge is 0.369 e. The average molecular weight is 367 g/mol. The van der Waals surface area contributed by atoms with E-state index in [0.717, 1.165) is 27.3 Å². The van der Waals surface area contributed by atoms with Gasteiger partial charge in [-0.3, -0.25) is 0 Å². The molecule has 0 unspecified atom stereocenters. The fraction of sp³-hybridized carbons (Fsp3) is 0.333. The van der Waals surface area contributed by atoms with Gasteiger partial charge in [-0.05, 0) is 73.0 Å². The molecule has 0 atom stereocenters. The zero-order valence-corrected chi connectivity index (χ0v) is 13.9. The fourth-order valence-electron chi connectivity index (χ4n) is 1.99. The van der Waals surface area contributed by atoms with Crippen LogP contribution in [0.4, 0.5) is 5.82 Å². The number of rotatable bonds is 3. The highest BCUT2D eigenvalue weighted by Crippen LogP contribution is 2.25. The lowest BCUT2D eigenvalue weighted by atomic mass is 10.0. The first-order valence-electron chi connectivity index (χ1n) is 6.37. The number of anilines is 1. The van der Waals surface area contributed by atoms with E-state index in [0.29, 0.717) is 0 Å². The summed E-state index contributed by atoms with van der Waals surface area (Å²) in [6.07, 6.45) is 1.87. The highest BCUT2D eigenvalue weighted by atomic mass is 127. The smallest absolute Gasteiger partial charge is 0.161 e. The number of aromatic nitrogens is 2. The van der Waals surface area contributed by atoms with E-state index in [1.807, 2.05) is 6.20 Å². The summed E-state index contributed by atoms with van der Waals surface area (Å²) < 4.78 is 1.05. The van der Waals surface area contributed by atoms with Crippen LogP contribution >= 0.6 is 22.6 Å². The lowest BCUT2D eigenvalue weighted by Gasteiger charge is -2.11. The minimum atomic E-state index is 0.789. The van der Waals surface area contributed by atoms with Crippen LogP contribution in [-0.2, 0) is 0 Å². The summed E-state index contributed by atoms with van der Waals surface area (Å²) in [5.74, 6) is 1.70. The summed E-state index contributed by atoms with van der Waals surface area (Å²) in [6, 6.07) is 4.36. The topological polar surface area (TPSA) is 37.8 Å². The minimum Gasteiger partial charge on any atom is -0.369 e. The van der Waals surface area contributed by atoms with Crippen LogP contribution in [0.2, 0.25) is 0 Å². The molecule has 3 nitrogen and oxygen atoms in total. The lowest BCUT2D eigenvalue weighted by Crippen LogP contribution is -2.04. The van der Waals surface area contributed by atoms with Crippen LogP contribution in [0.3, 0.4) is 0 Å². The summed E-state index contributed by atoms with van der Waals surface area (Å²) >= 11 is 2.25. The van der Waals surface area contributed by atoms with E-state index in [-0.39, 0.29) is 0 Å². The second-order valence-electron chi connectivity index (χ2n) is 4.67. The number of hydrogen-bond acceptors (Lipinski definition) is 3. The van der Waals surface area contributed by atoms with Crippen LogP contribution in [0, 0.1) is 24.3 Å². The molecule has 1 N–H and O–H groups in total. The molecule has 0 radical (unpaired) electrons. The number of nitrogens with one attached hydrogen (secondary N) is 1. The van der Waals surface area contributed by atoms with Crippen molar-refractivity contribution in [3.63, 3.8) is 0 Å². The maximum Gasteiger partial charge on any atom is 0.161 e. The van der Waals surface area contributed by atoms with Crippen molar-refractivity contribution in [2.24, 2.45) is 0 Å². The molecular formula is C15H18IN3. The maximum atomic E-state index is 4.63. The highest BCUT2D eigenvalue weighted by Gasteiger charge is 2.10. The predicted octanol–water partition coefficient (Wildman–Crippen LogP) is 4.11. The van der Waals surface area contributed by atoms with E-state index in [1.54, 1.807) is 0 Å². The Bertz CT molecular complexity index is 609. The van der Waals surface area contributed by atoms with Crippen LogP contribution in [0.1, 0.15) is 23.6 Å². The second-order valence-corrected chi connectivity index (χ2v) is 5.83. The van der Waals surface area contributed by atoms with E-state index in [1.165, 1.54) is 16.7 Å². The Hall–Kier alpha value is -1.17. The van der Waals surface area contributed by atoms with E-state index < -0.39 is 0 Å². The van der Waals surface area contributed by atoms with Crippen molar-refractivity contribution in [2.75, 3.05) is 11.9 Å². The summed E-state index contributed by atoms with van der Waals surface area (Å²) in [6.45, 7) is 9.29. The summed E-state index contributed by atoms with van der Waals surface area (Å²) in [7, 11) is 0. The highest BCUT2D eigenvalue weighted by molar-refractivity contribution is 14.1. The van der Waals surface area contributed by atoms with Gasteiger partial charge in [-0.1, -0.05) is 6.07 Å². The minimum absolute atomic E-state index is 0.789. The van der Waals surface area contributed by atoms with Crippen LogP contribution in [0.25, 0.3) is 11.4 Å². The molecule has 0 bridgehead atoms. The van der Waals surface area contributed by atoms with Gasteiger partial charge in [-0.2, -0.15) is 0 Å². The zero-order chi connectivity index (χ0) is 14.0. The van der Waals surface area contributed by atoms with Gasteiger partial charge in [-0.25, -0.2) is 9.97 Å². The molecule has 0 amide bonds. The van der Waals surface area contributed by atoms with Gasteiger partial charge in [0.2, 0.25) is 0 Å². The molecule has 100 valence electrons. The molecule has 0 aliphatic rings. The van der Waals surface area contributed by atoms with Crippen molar-refractivity contribution in [3.8, 4) is 11.4 Å². The summed E-state index contributed by atoms with van der Waals surface area (Å²) in [5.41, 5.74) is 4.90. The Kier molecular flexibility index (Phi) is 4.39. The molecular weight excluding hydrogens is 349 g/mol. The van der Waals surface area contributed by atoms with Crippen molar-refractivity contribution >= 4 is 28.4 Å². The predicted molar refractivity (Wildman–Crippen MR) is 88.6 cm³/mol. The van der Waals surface area contributed by atoms with Crippen molar-refractivity contribution in [2.45, 2.75) is 27.7 Å². The van der Waals surface area contributed by atoms with Crippen molar-refractivity contribution in [1.29, 1.82) is 0 Å². The number of nitrogens with zero attached hydrogens (tertiary/aromatic N) is 2. The molecule has 0 fully saturated rings. The normalized spacial score (nSPS) is 10.6. The van der Waals surface area contributed by atoms with Crippen LogP contribution in [-0.4, -0.2) is 16.5 Å². The van der Waals surface area contributed by atoms with E-state index in [9.17, 15) is 0 Å². The zero-order valence-electron chi connectivity index (χ0n) is 11.7. The van der Waals surface area contributed by atoms with Crippen molar-refractivity contribution in [3.05, 3.63) is 38.6 Å². The van der Waals surface area contributed by atoms with Gasteiger partial charge in [0.05, 0.1) is 3.57 Å².